The zero-order valence-electron chi connectivity index (χ0n) is 15.1. The summed E-state index contributed by atoms with van der Waals surface area (Å²) in [4.78, 5) is 35.5. The summed E-state index contributed by atoms with van der Waals surface area (Å²) >= 11 is 0. The number of ether oxygens (including phenoxy) is 1. The molecule has 0 aliphatic carbocycles. The molecule has 2 aromatic carbocycles. The van der Waals surface area contributed by atoms with Gasteiger partial charge in [-0.25, -0.2) is 0 Å². The van der Waals surface area contributed by atoms with Gasteiger partial charge in [-0.3, -0.25) is 14.4 Å². The van der Waals surface area contributed by atoms with Crippen molar-refractivity contribution in [1.82, 2.24) is 10.6 Å². The van der Waals surface area contributed by atoms with Crippen molar-refractivity contribution >= 4 is 23.9 Å². The first-order valence-electron chi connectivity index (χ1n) is 8.55. The molecular formula is C21H22N2O4. The minimum Gasteiger partial charge on any atom is -0.460 e. The lowest BCUT2D eigenvalue weighted by molar-refractivity contribution is -0.145. The predicted molar refractivity (Wildman–Crippen MR) is 102 cm³/mol. The summed E-state index contributed by atoms with van der Waals surface area (Å²) in [6.45, 7) is 1.43. The number of hydrogen-bond acceptors (Lipinski definition) is 4. The van der Waals surface area contributed by atoms with Gasteiger partial charge in [-0.05, 0) is 24.1 Å². The summed E-state index contributed by atoms with van der Waals surface area (Å²) in [7, 11) is 0. The van der Waals surface area contributed by atoms with Crippen molar-refractivity contribution in [1.29, 1.82) is 0 Å². The molecule has 6 heteroatoms. The molecule has 2 amide bonds. The molecule has 0 fully saturated rings. The predicted octanol–water partition coefficient (Wildman–Crippen LogP) is 2.06. The minimum absolute atomic E-state index is 0.145. The zero-order valence-corrected chi connectivity index (χ0v) is 15.1. The van der Waals surface area contributed by atoms with Crippen molar-refractivity contribution < 1.29 is 19.1 Å². The van der Waals surface area contributed by atoms with Crippen molar-refractivity contribution in [3.05, 3.63) is 77.9 Å². The molecule has 0 heterocycles. The molecule has 6 nitrogen and oxygen atoms in total. The van der Waals surface area contributed by atoms with E-state index in [-0.39, 0.29) is 13.2 Å². The van der Waals surface area contributed by atoms with E-state index < -0.39 is 23.8 Å². The number of esters is 1. The van der Waals surface area contributed by atoms with E-state index in [1.165, 1.54) is 6.08 Å². The summed E-state index contributed by atoms with van der Waals surface area (Å²) in [5, 5.41) is 4.99. The molecule has 2 aromatic rings. The van der Waals surface area contributed by atoms with Crippen molar-refractivity contribution in [2.75, 3.05) is 6.54 Å². The van der Waals surface area contributed by atoms with E-state index in [1.807, 2.05) is 60.7 Å². The van der Waals surface area contributed by atoms with Crippen LogP contribution in [0.2, 0.25) is 0 Å². The highest BCUT2D eigenvalue weighted by molar-refractivity contribution is 5.95. The number of nitrogens with one attached hydrogen (secondary N) is 2. The zero-order chi connectivity index (χ0) is 19.5. The van der Waals surface area contributed by atoms with Gasteiger partial charge in [0.1, 0.15) is 19.2 Å². The Kier molecular flexibility index (Phi) is 7.78. The third-order valence-corrected chi connectivity index (χ3v) is 3.63. The monoisotopic (exact) mass is 366 g/mol. The lowest BCUT2D eigenvalue weighted by atomic mass is 10.2. The maximum absolute atomic E-state index is 12.0. The van der Waals surface area contributed by atoms with Crippen LogP contribution in [0.4, 0.5) is 0 Å². The van der Waals surface area contributed by atoms with Gasteiger partial charge in [-0.2, -0.15) is 0 Å². The molecule has 0 saturated carbocycles. The van der Waals surface area contributed by atoms with Gasteiger partial charge >= 0.3 is 5.97 Å². The first kappa shape index (κ1) is 19.9. The number of carbonyl (C=O) groups is 3. The van der Waals surface area contributed by atoms with E-state index in [0.717, 1.165) is 11.1 Å². The molecule has 2 rings (SSSR count). The topological polar surface area (TPSA) is 84.5 Å². The highest BCUT2D eigenvalue weighted by atomic mass is 16.5. The van der Waals surface area contributed by atoms with Crippen LogP contribution >= 0.6 is 0 Å². The van der Waals surface area contributed by atoms with E-state index in [1.54, 1.807) is 13.0 Å². The van der Waals surface area contributed by atoms with Gasteiger partial charge in [0.25, 0.3) is 0 Å². The highest BCUT2D eigenvalue weighted by Gasteiger charge is 2.15. The van der Waals surface area contributed by atoms with Crippen molar-refractivity contribution in [3.63, 3.8) is 0 Å². The SMILES string of the molecule is C[C@H](NC(=O)/C=C/c1ccccc1)C(=O)NCC(=O)OCc1ccccc1. The van der Waals surface area contributed by atoms with Gasteiger partial charge in [0.2, 0.25) is 11.8 Å². The smallest absolute Gasteiger partial charge is 0.325 e. The third kappa shape index (κ3) is 7.56. The molecule has 0 radical (unpaired) electrons. The largest absolute Gasteiger partial charge is 0.460 e. The molecular weight excluding hydrogens is 344 g/mol. The Morgan fingerprint density at radius 2 is 1.63 bits per heavy atom. The normalized spacial score (nSPS) is 11.6. The van der Waals surface area contributed by atoms with E-state index in [2.05, 4.69) is 10.6 Å². The van der Waals surface area contributed by atoms with Crippen LogP contribution < -0.4 is 10.6 Å². The molecule has 1 atom stereocenters. The second kappa shape index (κ2) is 10.6. The maximum Gasteiger partial charge on any atom is 0.325 e. The lowest BCUT2D eigenvalue weighted by Crippen LogP contribution is -2.45. The number of hydrogen-bond donors (Lipinski definition) is 2. The molecule has 0 saturated heterocycles. The van der Waals surface area contributed by atoms with E-state index in [0.29, 0.717) is 0 Å². The van der Waals surface area contributed by atoms with E-state index >= 15 is 0 Å². The summed E-state index contributed by atoms with van der Waals surface area (Å²) in [6, 6.07) is 17.8. The Morgan fingerprint density at radius 3 is 2.30 bits per heavy atom. The van der Waals surface area contributed by atoms with Crippen molar-refractivity contribution in [2.45, 2.75) is 19.6 Å². The fourth-order valence-corrected chi connectivity index (χ4v) is 2.16. The number of carbonyl (C=O) groups excluding carboxylic acids is 3. The Hall–Kier alpha value is -3.41. The van der Waals surface area contributed by atoms with Crippen LogP contribution in [0, 0.1) is 0 Å². The van der Waals surface area contributed by atoms with Crippen LogP contribution in [0.3, 0.4) is 0 Å². The molecule has 2 N–H and O–H groups in total. The van der Waals surface area contributed by atoms with Crippen LogP contribution in [0.25, 0.3) is 6.08 Å². The fourth-order valence-electron chi connectivity index (χ4n) is 2.16. The summed E-state index contributed by atoms with van der Waals surface area (Å²) in [5.74, 6) is -1.41. The van der Waals surface area contributed by atoms with Crippen LogP contribution in [-0.2, 0) is 25.7 Å². The summed E-state index contributed by atoms with van der Waals surface area (Å²) in [5.41, 5.74) is 1.74. The Labute approximate surface area is 158 Å². The molecule has 0 aromatic heterocycles. The van der Waals surface area contributed by atoms with Crippen LogP contribution in [0.5, 0.6) is 0 Å². The molecule has 0 spiro atoms. The van der Waals surface area contributed by atoms with Gasteiger partial charge in [-0.15, -0.1) is 0 Å². The van der Waals surface area contributed by atoms with E-state index in [4.69, 9.17) is 4.74 Å². The molecule has 0 aliphatic heterocycles. The molecule has 140 valence electrons. The van der Waals surface area contributed by atoms with Crippen LogP contribution in [0.15, 0.2) is 66.7 Å². The molecule has 0 aliphatic rings. The van der Waals surface area contributed by atoms with Gasteiger partial charge in [0, 0.05) is 6.08 Å². The van der Waals surface area contributed by atoms with Gasteiger partial charge in [0.15, 0.2) is 0 Å². The van der Waals surface area contributed by atoms with Crippen molar-refractivity contribution in [3.8, 4) is 0 Å². The van der Waals surface area contributed by atoms with Crippen LogP contribution in [-0.4, -0.2) is 30.4 Å². The third-order valence-electron chi connectivity index (χ3n) is 3.63. The standard InChI is InChI=1S/C21H22N2O4/c1-16(23-19(24)13-12-17-8-4-2-5-9-17)21(26)22-14-20(25)27-15-18-10-6-3-7-11-18/h2-13,16H,14-15H2,1H3,(H,22,26)(H,23,24)/b13-12+/t16-/m0/s1. The Morgan fingerprint density at radius 1 is 1.00 bits per heavy atom. The summed E-state index contributed by atoms with van der Waals surface area (Å²) < 4.78 is 5.07. The average molecular weight is 366 g/mol. The number of amides is 2. The Balaban J connectivity index is 1.69. The van der Waals surface area contributed by atoms with Crippen LogP contribution in [0.1, 0.15) is 18.1 Å². The fraction of sp³-hybridized carbons (Fsp3) is 0.190. The minimum atomic E-state index is -0.778. The van der Waals surface area contributed by atoms with Gasteiger partial charge in [-0.1, -0.05) is 60.7 Å². The quantitative estimate of drug-likeness (QED) is 0.553. The number of rotatable bonds is 8. The van der Waals surface area contributed by atoms with Gasteiger partial charge in [0.05, 0.1) is 0 Å². The molecule has 0 bridgehead atoms. The average Bonchev–Trinajstić information content (AvgIpc) is 2.70. The summed E-state index contributed by atoms with van der Waals surface area (Å²) in [6.07, 6.45) is 3.01. The second-order valence-electron chi connectivity index (χ2n) is 5.84. The highest BCUT2D eigenvalue weighted by Crippen LogP contribution is 2.01. The lowest BCUT2D eigenvalue weighted by Gasteiger charge is -2.12. The van der Waals surface area contributed by atoms with E-state index in [9.17, 15) is 14.4 Å². The molecule has 27 heavy (non-hydrogen) atoms. The second-order valence-corrected chi connectivity index (χ2v) is 5.84. The molecule has 0 unspecified atom stereocenters. The first-order chi connectivity index (χ1) is 13.0. The maximum atomic E-state index is 12.0. The number of benzene rings is 2. The van der Waals surface area contributed by atoms with Gasteiger partial charge < -0.3 is 15.4 Å². The first-order valence-corrected chi connectivity index (χ1v) is 8.55. The van der Waals surface area contributed by atoms with Crippen molar-refractivity contribution in [2.24, 2.45) is 0 Å². The Bertz CT molecular complexity index is 788.